The van der Waals surface area contributed by atoms with Crippen molar-refractivity contribution in [3.8, 4) is 11.8 Å². The zero-order valence-corrected chi connectivity index (χ0v) is 19.6. The monoisotopic (exact) mass is 461 g/mol. The Morgan fingerprint density at radius 1 is 0.886 bits per heavy atom. The molecule has 1 N–H and O–H groups in total. The highest BCUT2D eigenvalue weighted by Gasteiger charge is 2.22. The van der Waals surface area contributed by atoms with E-state index in [9.17, 15) is 10.1 Å². The third-order valence-electron chi connectivity index (χ3n) is 5.78. The van der Waals surface area contributed by atoms with Crippen molar-refractivity contribution in [2.24, 2.45) is 0 Å². The van der Waals surface area contributed by atoms with Crippen molar-refractivity contribution in [2.45, 2.75) is 26.1 Å². The van der Waals surface area contributed by atoms with Crippen LogP contribution in [0, 0.1) is 11.3 Å². The van der Waals surface area contributed by atoms with Gasteiger partial charge in [0.15, 0.2) is 0 Å². The fourth-order valence-corrected chi connectivity index (χ4v) is 3.79. The summed E-state index contributed by atoms with van der Waals surface area (Å²) in [4.78, 5) is 15.2. The minimum atomic E-state index is -0.235. The van der Waals surface area contributed by atoms with E-state index in [0.29, 0.717) is 24.4 Å². The van der Waals surface area contributed by atoms with Crippen molar-refractivity contribution in [3.63, 3.8) is 0 Å². The second-order valence-electron chi connectivity index (χ2n) is 8.26. The molecule has 1 atom stereocenters. The number of urea groups is 1. The van der Waals surface area contributed by atoms with Gasteiger partial charge in [-0.2, -0.15) is 5.26 Å². The number of nitrogens with one attached hydrogen (secondary N) is 1. The van der Waals surface area contributed by atoms with Crippen molar-refractivity contribution in [2.75, 3.05) is 5.32 Å². The summed E-state index contributed by atoms with van der Waals surface area (Å²) in [7, 11) is 0. The molecule has 0 heterocycles. The topological polar surface area (TPSA) is 65.4 Å². The maximum atomic E-state index is 13.4. The Kier molecular flexibility index (Phi) is 7.77. The van der Waals surface area contributed by atoms with Crippen LogP contribution in [-0.4, -0.2) is 10.9 Å². The van der Waals surface area contributed by atoms with E-state index in [1.54, 1.807) is 29.2 Å². The van der Waals surface area contributed by atoms with Crippen LogP contribution in [0.3, 0.4) is 0 Å². The largest absolute Gasteiger partial charge is 0.489 e. The third-order valence-corrected chi connectivity index (χ3v) is 5.78. The minimum Gasteiger partial charge on any atom is -0.489 e. The number of benzene rings is 4. The molecule has 4 rings (SSSR count). The van der Waals surface area contributed by atoms with E-state index >= 15 is 0 Å². The fraction of sp³-hybridized carbons (Fsp3) is 0.133. The van der Waals surface area contributed by atoms with Gasteiger partial charge < -0.3 is 15.0 Å². The van der Waals surface area contributed by atoms with Crippen LogP contribution >= 0.6 is 0 Å². The van der Waals surface area contributed by atoms with Crippen LogP contribution in [0.1, 0.15) is 35.2 Å². The number of hydrogen-bond acceptors (Lipinski definition) is 3. The highest BCUT2D eigenvalue weighted by atomic mass is 16.5. The van der Waals surface area contributed by atoms with Gasteiger partial charge in [-0.05, 0) is 53.9 Å². The fourth-order valence-electron chi connectivity index (χ4n) is 3.79. The summed E-state index contributed by atoms with van der Waals surface area (Å²) >= 11 is 0. The van der Waals surface area contributed by atoms with E-state index in [2.05, 4.69) is 11.4 Å². The summed E-state index contributed by atoms with van der Waals surface area (Å²) in [5, 5.41) is 12.1. The van der Waals surface area contributed by atoms with Gasteiger partial charge in [0, 0.05) is 12.2 Å². The molecule has 0 saturated heterocycles. The van der Waals surface area contributed by atoms with E-state index in [0.717, 1.165) is 22.4 Å². The summed E-state index contributed by atoms with van der Waals surface area (Å²) in [6.45, 7) is 2.93. The molecule has 0 bridgehead atoms. The summed E-state index contributed by atoms with van der Waals surface area (Å²) < 4.78 is 5.90. The molecule has 35 heavy (non-hydrogen) atoms. The lowest BCUT2D eigenvalue weighted by molar-refractivity contribution is 0.189. The lowest BCUT2D eigenvalue weighted by Gasteiger charge is -2.30. The molecule has 0 aliphatic heterocycles. The minimum absolute atomic E-state index is 0.163. The van der Waals surface area contributed by atoms with E-state index in [1.165, 1.54) is 0 Å². The maximum absolute atomic E-state index is 13.4. The molecule has 5 heteroatoms. The number of nitrogens with zero attached hydrogens (tertiary/aromatic N) is 2. The second kappa shape index (κ2) is 11.5. The van der Waals surface area contributed by atoms with Crippen LogP contribution in [0.5, 0.6) is 5.75 Å². The zero-order chi connectivity index (χ0) is 24.5. The molecule has 0 aliphatic carbocycles. The van der Waals surface area contributed by atoms with Crippen molar-refractivity contribution < 1.29 is 9.53 Å². The number of rotatable bonds is 8. The van der Waals surface area contributed by atoms with Gasteiger partial charge >= 0.3 is 6.03 Å². The molecule has 4 aromatic rings. The number of hydrogen-bond donors (Lipinski definition) is 1. The molecular weight excluding hydrogens is 434 g/mol. The molecule has 0 aliphatic rings. The molecule has 2 amide bonds. The predicted octanol–water partition coefficient (Wildman–Crippen LogP) is 6.93. The predicted molar refractivity (Wildman–Crippen MR) is 138 cm³/mol. The van der Waals surface area contributed by atoms with Gasteiger partial charge in [-0.3, -0.25) is 0 Å². The zero-order valence-electron chi connectivity index (χ0n) is 19.6. The molecule has 0 fully saturated rings. The molecule has 4 aromatic carbocycles. The quantitative estimate of drug-likeness (QED) is 0.309. The lowest BCUT2D eigenvalue weighted by Crippen LogP contribution is -2.36. The van der Waals surface area contributed by atoms with Crippen molar-refractivity contribution in [3.05, 3.63) is 131 Å². The number of ether oxygens (including phenoxy) is 1. The molecular formula is C30H27N3O2. The van der Waals surface area contributed by atoms with Crippen LogP contribution in [-0.2, 0) is 13.2 Å². The second-order valence-corrected chi connectivity index (χ2v) is 8.26. The Labute approximate surface area is 206 Å². The molecule has 1 unspecified atom stereocenters. The number of nitriles is 1. The Balaban J connectivity index is 1.49. The van der Waals surface area contributed by atoms with Gasteiger partial charge in [-0.25, -0.2) is 4.79 Å². The summed E-state index contributed by atoms with van der Waals surface area (Å²) in [6, 6.07) is 36.4. The lowest BCUT2D eigenvalue weighted by atomic mass is 10.1. The smallest absolute Gasteiger partial charge is 0.322 e. The van der Waals surface area contributed by atoms with Crippen LogP contribution in [0.15, 0.2) is 109 Å². The first kappa shape index (κ1) is 23.6. The molecule has 0 spiro atoms. The molecule has 0 saturated carbocycles. The number of carbonyl (C=O) groups is 1. The summed E-state index contributed by atoms with van der Waals surface area (Å²) in [5.41, 5.74) is 4.22. The van der Waals surface area contributed by atoms with E-state index < -0.39 is 0 Å². The normalized spacial score (nSPS) is 11.2. The SMILES string of the molecule is CC(c1ccccc1)N(Cc1ccc(OCc2ccccc2)cc1)C(=O)Nc1cccc(C#N)c1. The van der Waals surface area contributed by atoms with Crippen LogP contribution in [0.2, 0.25) is 0 Å². The first-order valence-corrected chi connectivity index (χ1v) is 11.5. The van der Waals surface area contributed by atoms with Gasteiger partial charge in [0.25, 0.3) is 0 Å². The van der Waals surface area contributed by atoms with Crippen LogP contribution < -0.4 is 10.1 Å². The highest BCUT2D eigenvalue weighted by Crippen LogP contribution is 2.25. The summed E-state index contributed by atoms with van der Waals surface area (Å²) in [6.07, 6.45) is 0. The van der Waals surface area contributed by atoms with Crippen molar-refractivity contribution in [1.29, 1.82) is 5.26 Å². The Morgan fingerprint density at radius 2 is 1.57 bits per heavy atom. The average Bonchev–Trinajstić information content (AvgIpc) is 2.92. The van der Waals surface area contributed by atoms with Crippen LogP contribution in [0.25, 0.3) is 0 Å². The Bertz CT molecular complexity index is 1280. The van der Waals surface area contributed by atoms with Crippen molar-refractivity contribution in [1.82, 2.24) is 4.90 Å². The Hall–Kier alpha value is -4.56. The van der Waals surface area contributed by atoms with Crippen LogP contribution in [0.4, 0.5) is 10.5 Å². The molecule has 5 nitrogen and oxygen atoms in total. The van der Waals surface area contributed by atoms with E-state index in [-0.39, 0.29) is 12.1 Å². The summed E-state index contributed by atoms with van der Waals surface area (Å²) in [5.74, 6) is 0.776. The first-order valence-electron chi connectivity index (χ1n) is 11.5. The number of anilines is 1. The molecule has 0 radical (unpaired) electrons. The number of amides is 2. The third kappa shape index (κ3) is 6.49. The maximum Gasteiger partial charge on any atom is 0.322 e. The van der Waals surface area contributed by atoms with Gasteiger partial charge in [-0.1, -0.05) is 78.9 Å². The van der Waals surface area contributed by atoms with Gasteiger partial charge in [0.1, 0.15) is 12.4 Å². The van der Waals surface area contributed by atoms with E-state index in [4.69, 9.17) is 4.74 Å². The van der Waals surface area contributed by atoms with Gasteiger partial charge in [0.2, 0.25) is 0 Å². The van der Waals surface area contributed by atoms with E-state index in [1.807, 2.05) is 91.9 Å². The van der Waals surface area contributed by atoms with Gasteiger partial charge in [-0.15, -0.1) is 0 Å². The molecule has 0 aromatic heterocycles. The number of carbonyl (C=O) groups excluding carboxylic acids is 1. The molecule has 174 valence electrons. The van der Waals surface area contributed by atoms with Crippen molar-refractivity contribution >= 4 is 11.7 Å². The first-order chi connectivity index (χ1) is 17.1. The standard InChI is InChI=1S/C30H27N3O2/c1-23(27-12-6-3-7-13-27)33(30(34)32-28-14-8-11-26(19-28)20-31)21-24-15-17-29(18-16-24)35-22-25-9-4-2-5-10-25/h2-19,23H,21-22H2,1H3,(H,32,34). The highest BCUT2D eigenvalue weighted by molar-refractivity contribution is 5.89. The Morgan fingerprint density at radius 3 is 2.26 bits per heavy atom. The van der Waals surface area contributed by atoms with Gasteiger partial charge in [0.05, 0.1) is 17.7 Å². The average molecular weight is 462 g/mol.